The Morgan fingerprint density at radius 2 is 2.18 bits per heavy atom. The topological polar surface area (TPSA) is 47.6 Å². The van der Waals surface area contributed by atoms with Crippen LogP contribution in [-0.4, -0.2) is 30.4 Å². The second-order valence-electron chi connectivity index (χ2n) is 3.58. The molecule has 0 aromatic carbocycles. The van der Waals surface area contributed by atoms with Crippen molar-refractivity contribution >= 4 is 5.97 Å². The van der Waals surface area contributed by atoms with E-state index < -0.39 is 5.72 Å². The molecule has 2 heterocycles. The van der Waals surface area contributed by atoms with Crippen LogP contribution in [0.25, 0.3) is 0 Å². The van der Waals surface area contributed by atoms with Crippen LogP contribution in [0.2, 0.25) is 0 Å². The largest absolute Gasteiger partial charge is 0.460 e. The molecule has 62 valence electrons. The van der Waals surface area contributed by atoms with Gasteiger partial charge in [-0.2, -0.15) is 0 Å². The van der Waals surface area contributed by atoms with Crippen molar-refractivity contribution in [2.75, 3.05) is 13.2 Å². The molecule has 2 aliphatic heterocycles. The van der Waals surface area contributed by atoms with Gasteiger partial charge in [0.2, 0.25) is 5.72 Å². The third kappa shape index (κ3) is 0.862. The SMILES string of the molecule is C[C@@]12COC(=O)[C@](C)(N1)OC2. The lowest BCUT2D eigenvalue weighted by Crippen LogP contribution is -2.60. The maximum absolute atomic E-state index is 11.1. The number of fused-ring (bicyclic) bond motifs is 2. The van der Waals surface area contributed by atoms with Gasteiger partial charge in [-0.15, -0.1) is 0 Å². The number of esters is 1. The highest BCUT2D eigenvalue weighted by Gasteiger charge is 2.53. The van der Waals surface area contributed by atoms with E-state index in [1.165, 1.54) is 0 Å². The number of hydrogen-bond donors (Lipinski definition) is 1. The zero-order valence-electron chi connectivity index (χ0n) is 6.64. The number of carbonyl (C=O) groups is 1. The summed E-state index contributed by atoms with van der Waals surface area (Å²) in [5, 5.41) is 3.10. The second-order valence-corrected chi connectivity index (χ2v) is 3.58. The van der Waals surface area contributed by atoms with Gasteiger partial charge in [-0.3, -0.25) is 5.32 Å². The molecule has 0 saturated carbocycles. The normalized spacial score (nSPS) is 49.1. The molecule has 2 rings (SSSR count). The van der Waals surface area contributed by atoms with E-state index in [0.29, 0.717) is 13.2 Å². The monoisotopic (exact) mass is 157 g/mol. The second kappa shape index (κ2) is 1.76. The summed E-state index contributed by atoms with van der Waals surface area (Å²) >= 11 is 0. The van der Waals surface area contributed by atoms with Gasteiger partial charge in [-0.1, -0.05) is 0 Å². The summed E-state index contributed by atoms with van der Waals surface area (Å²) in [5.74, 6) is -0.313. The van der Waals surface area contributed by atoms with Crippen molar-refractivity contribution in [3.05, 3.63) is 0 Å². The Kier molecular flexibility index (Phi) is 1.13. The smallest absolute Gasteiger partial charge is 0.353 e. The van der Waals surface area contributed by atoms with Gasteiger partial charge in [0.05, 0.1) is 12.1 Å². The highest BCUT2D eigenvalue weighted by Crippen LogP contribution is 2.29. The van der Waals surface area contributed by atoms with E-state index in [4.69, 9.17) is 9.47 Å². The van der Waals surface area contributed by atoms with Gasteiger partial charge < -0.3 is 9.47 Å². The van der Waals surface area contributed by atoms with Gasteiger partial charge in [0, 0.05) is 0 Å². The van der Waals surface area contributed by atoms with Crippen molar-refractivity contribution in [3.8, 4) is 0 Å². The lowest BCUT2D eigenvalue weighted by Gasteiger charge is -2.32. The summed E-state index contributed by atoms with van der Waals surface area (Å²) in [4.78, 5) is 11.1. The number of hydrogen-bond acceptors (Lipinski definition) is 4. The molecule has 2 bridgehead atoms. The van der Waals surface area contributed by atoms with Gasteiger partial charge in [0.1, 0.15) is 6.61 Å². The molecule has 2 saturated heterocycles. The zero-order valence-corrected chi connectivity index (χ0v) is 6.64. The van der Waals surface area contributed by atoms with E-state index in [9.17, 15) is 4.79 Å². The minimum atomic E-state index is -0.896. The quantitative estimate of drug-likeness (QED) is 0.488. The minimum absolute atomic E-state index is 0.178. The number of cyclic esters (lactones) is 1. The fourth-order valence-electron chi connectivity index (χ4n) is 1.50. The van der Waals surface area contributed by atoms with Crippen molar-refractivity contribution in [3.63, 3.8) is 0 Å². The summed E-state index contributed by atoms with van der Waals surface area (Å²) in [6, 6.07) is 0. The van der Waals surface area contributed by atoms with E-state index in [1.807, 2.05) is 6.92 Å². The van der Waals surface area contributed by atoms with Crippen LogP contribution < -0.4 is 5.32 Å². The predicted octanol–water partition coefficient (Wildman–Crippen LogP) is -0.362. The number of ether oxygens (including phenoxy) is 2. The van der Waals surface area contributed by atoms with Gasteiger partial charge in [-0.05, 0) is 13.8 Å². The molecule has 2 aliphatic rings. The molecule has 0 spiro atoms. The molecule has 0 aliphatic carbocycles. The van der Waals surface area contributed by atoms with Crippen molar-refractivity contribution in [1.29, 1.82) is 0 Å². The Morgan fingerprint density at radius 1 is 1.45 bits per heavy atom. The molecule has 2 atom stereocenters. The third-order valence-electron chi connectivity index (χ3n) is 2.13. The van der Waals surface area contributed by atoms with Crippen LogP contribution in [0.15, 0.2) is 0 Å². The molecule has 1 N–H and O–H groups in total. The summed E-state index contributed by atoms with van der Waals surface area (Å²) < 4.78 is 10.2. The molecule has 0 aromatic heterocycles. The number of carbonyl (C=O) groups excluding carboxylic acids is 1. The van der Waals surface area contributed by atoms with Crippen LogP contribution in [0.5, 0.6) is 0 Å². The lowest BCUT2D eigenvalue weighted by molar-refractivity contribution is -0.170. The molecular weight excluding hydrogens is 146 g/mol. The number of nitrogens with one attached hydrogen (secondary N) is 1. The highest BCUT2D eigenvalue weighted by atomic mass is 16.6. The number of morpholine rings is 1. The summed E-state index contributed by atoms with van der Waals surface area (Å²) in [6.45, 7) is 4.61. The zero-order chi connectivity index (χ0) is 8.11. The molecular formula is C7H11NO3. The van der Waals surface area contributed by atoms with Crippen LogP contribution in [0.4, 0.5) is 0 Å². The maximum atomic E-state index is 11.1. The van der Waals surface area contributed by atoms with Gasteiger partial charge >= 0.3 is 5.97 Å². The van der Waals surface area contributed by atoms with Gasteiger partial charge in [0.25, 0.3) is 0 Å². The van der Waals surface area contributed by atoms with Crippen molar-refractivity contribution in [2.45, 2.75) is 25.1 Å². The lowest BCUT2D eigenvalue weighted by atomic mass is 10.0. The highest BCUT2D eigenvalue weighted by molar-refractivity contribution is 5.80. The first-order valence-corrected chi connectivity index (χ1v) is 3.65. The Bertz CT molecular complexity index is 218. The van der Waals surface area contributed by atoms with E-state index in [2.05, 4.69) is 5.32 Å². The molecule has 4 nitrogen and oxygen atoms in total. The molecule has 0 aromatic rings. The van der Waals surface area contributed by atoms with E-state index in [1.54, 1.807) is 6.92 Å². The van der Waals surface area contributed by atoms with Gasteiger partial charge in [-0.25, -0.2) is 4.79 Å². The predicted molar refractivity (Wildman–Crippen MR) is 36.9 cm³/mol. The van der Waals surface area contributed by atoms with Crippen molar-refractivity contribution < 1.29 is 14.3 Å². The minimum Gasteiger partial charge on any atom is -0.460 e. The van der Waals surface area contributed by atoms with Crippen LogP contribution in [0.1, 0.15) is 13.8 Å². The Morgan fingerprint density at radius 3 is 2.82 bits per heavy atom. The van der Waals surface area contributed by atoms with E-state index >= 15 is 0 Å². The van der Waals surface area contributed by atoms with Crippen LogP contribution in [-0.2, 0) is 14.3 Å². The first kappa shape index (κ1) is 7.06. The molecule has 0 unspecified atom stereocenters. The van der Waals surface area contributed by atoms with Crippen molar-refractivity contribution in [1.82, 2.24) is 5.32 Å². The van der Waals surface area contributed by atoms with Crippen molar-refractivity contribution in [2.24, 2.45) is 0 Å². The molecule has 0 radical (unpaired) electrons. The van der Waals surface area contributed by atoms with E-state index in [0.717, 1.165) is 0 Å². The number of rotatable bonds is 0. The Labute approximate surface area is 64.9 Å². The molecule has 4 heteroatoms. The van der Waals surface area contributed by atoms with Gasteiger partial charge in [0.15, 0.2) is 0 Å². The molecule has 11 heavy (non-hydrogen) atoms. The Balaban J connectivity index is 2.30. The first-order chi connectivity index (χ1) is 5.04. The average molecular weight is 157 g/mol. The van der Waals surface area contributed by atoms with Crippen LogP contribution in [0, 0.1) is 0 Å². The fourth-order valence-corrected chi connectivity index (χ4v) is 1.50. The van der Waals surface area contributed by atoms with E-state index in [-0.39, 0.29) is 11.5 Å². The molecule has 2 fully saturated rings. The van der Waals surface area contributed by atoms with Crippen LogP contribution >= 0.6 is 0 Å². The Hall–Kier alpha value is -0.610. The standard InChI is InChI=1S/C7H11NO3/c1-6-3-10-5(9)7(2,8-6)11-4-6/h8H,3-4H2,1-2H3/t6-,7+/m0/s1. The summed E-state index contributed by atoms with van der Waals surface area (Å²) in [5.41, 5.74) is -1.07. The molecule has 0 amide bonds. The fraction of sp³-hybridized carbons (Fsp3) is 0.857. The third-order valence-corrected chi connectivity index (χ3v) is 2.13. The first-order valence-electron chi connectivity index (χ1n) is 3.65. The maximum Gasteiger partial charge on any atom is 0.353 e. The average Bonchev–Trinajstić information content (AvgIpc) is 2.20. The summed E-state index contributed by atoms with van der Waals surface area (Å²) in [6.07, 6.45) is 0. The summed E-state index contributed by atoms with van der Waals surface area (Å²) in [7, 11) is 0. The van der Waals surface area contributed by atoms with Crippen LogP contribution in [0.3, 0.4) is 0 Å².